The van der Waals surface area contributed by atoms with E-state index in [2.05, 4.69) is 15.2 Å². The SMILES string of the molecule is NC(=O)c1cn(-c2ccc(OC3CCN(C4CCC4)CC3)cc2)nn1. The number of carbonyl (C=O) groups is 1. The molecule has 25 heavy (non-hydrogen) atoms. The lowest BCUT2D eigenvalue weighted by molar-refractivity contribution is 0.0493. The van der Waals surface area contributed by atoms with E-state index in [0.717, 1.165) is 43.4 Å². The Morgan fingerprint density at radius 1 is 1.12 bits per heavy atom. The summed E-state index contributed by atoms with van der Waals surface area (Å²) in [6, 6.07) is 8.49. The third-order valence-electron chi connectivity index (χ3n) is 5.22. The molecule has 1 saturated heterocycles. The van der Waals surface area contributed by atoms with Crippen LogP contribution in [0.25, 0.3) is 5.69 Å². The van der Waals surface area contributed by atoms with Crippen molar-refractivity contribution in [3.63, 3.8) is 0 Å². The fraction of sp³-hybridized carbons (Fsp3) is 0.500. The number of nitrogens with two attached hydrogens (primary N) is 1. The van der Waals surface area contributed by atoms with Gasteiger partial charge < -0.3 is 15.4 Å². The number of primary amides is 1. The molecule has 132 valence electrons. The topological polar surface area (TPSA) is 86.3 Å². The second-order valence-corrected chi connectivity index (χ2v) is 6.84. The first kappa shape index (κ1) is 16.1. The van der Waals surface area contributed by atoms with Crippen LogP contribution in [0.3, 0.4) is 0 Å². The molecule has 7 nitrogen and oxygen atoms in total. The van der Waals surface area contributed by atoms with Gasteiger partial charge in [-0.3, -0.25) is 4.79 Å². The largest absolute Gasteiger partial charge is 0.490 e. The standard InChI is InChI=1S/C18H23N5O2/c19-18(24)17-12-23(21-20-17)14-4-6-15(7-5-14)25-16-8-10-22(11-9-16)13-2-1-3-13/h4-7,12-13,16H,1-3,8-11H2,(H2,19,24). The van der Waals surface area contributed by atoms with Crippen molar-refractivity contribution in [2.24, 2.45) is 5.73 Å². The quantitative estimate of drug-likeness (QED) is 0.895. The Kier molecular flexibility index (Phi) is 4.40. The lowest BCUT2D eigenvalue weighted by Crippen LogP contribution is -2.46. The van der Waals surface area contributed by atoms with E-state index in [9.17, 15) is 4.79 Å². The molecule has 2 N–H and O–H groups in total. The second kappa shape index (κ2) is 6.84. The van der Waals surface area contributed by atoms with Gasteiger partial charge in [-0.05, 0) is 49.9 Å². The molecular formula is C18H23N5O2. The second-order valence-electron chi connectivity index (χ2n) is 6.84. The van der Waals surface area contributed by atoms with E-state index in [1.807, 2.05) is 24.3 Å². The van der Waals surface area contributed by atoms with Gasteiger partial charge in [0.15, 0.2) is 5.69 Å². The molecule has 0 unspecified atom stereocenters. The fourth-order valence-corrected chi connectivity index (χ4v) is 3.48. The molecule has 0 bridgehead atoms. The summed E-state index contributed by atoms with van der Waals surface area (Å²) < 4.78 is 7.65. The van der Waals surface area contributed by atoms with Crippen molar-refractivity contribution in [3.8, 4) is 11.4 Å². The average molecular weight is 341 g/mol. The molecule has 0 spiro atoms. The van der Waals surface area contributed by atoms with Gasteiger partial charge >= 0.3 is 0 Å². The third-order valence-corrected chi connectivity index (χ3v) is 5.22. The van der Waals surface area contributed by atoms with Crippen LogP contribution in [0.4, 0.5) is 0 Å². The van der Waals surface area contributed by atoms with Gasteiger partial charge in [-0.15, -0.1) is 5.10 Å². The molecule has 1 aromatic carbocycles. The minimum atomic E-state index is -0.584. The summed E-state index contributed by atoms with van der Waals surface area (Å²) in [5.74, 6) is 0.278. The summed E-state index contributed by atoms with van der Waals surface area (Å²) in [4.78, 5) is 13.7. The lowest BCUT2D eigenvalue weighted by Gasteiger charge is -2.41. The molecule has 1 aliphatic carbocycles. The maximum Gasteiger partial charge on any atom is 0.270 e. The van der Waals surface area contributed by atoms with Gasteiger partial charge in [-0.25, -0.2) is 4.68 Å². The zero-order chi connectivity index (χ0) is 17.2. The van der Waals surface area contributed by atoms with E-state index in [1.165, 1.54) is 30.1 Å². The van der Waals surface area contributed by atoms with E-state index >= 15 is 0 Å². The van der Waals surface area contributed by atoms with Crippen molar-refractivity contribution < 1.29 is 9.53 Å². The van der Waals surface area contributed by atoms with E-state index in [1.54, 1.807) is 0 Å². The smallest absolute Gasteiger partial charge is 0.270 e. The minimum Gasteiger partial charge on any atom is -0.490 e. The number of hydrogen-bond donors (Lipinski definition) is 1. The Balaban J connectivity index is 1.33. The van der Waals surface area contributed by atoms with Crippen molar-refractivity contribution in [2.45, 2.75) is 44.2 Å². The number of likely N-dealkylation sites (tertiary alicyclic amines) is 1. The number of amides is 1. The number of rotatable bonds is 5. The molecule has 2 fully saturated rings. The number of benzene rings is 1. The van der Waals surface area contributed by atoms with Crippen LogP contribution in [-0.2, 0) is 0 Å². The first-order valence-corrected chi connectivity index (χ1v) is 8.92. The molecule has 2 aliphatic rings. The van der Waals surface area contributed by atoms with Crippen molar-refractivity contribution in [1.29, 1.82) is 0 Å². The lowest BCUT2D eigenvalue weighted by atomic mass is 9.90. The van der Waals surface area contributed by atoms with Crippen LogP contribution in [0.1, 0.15) is 42.6 Å². The van der Waals surface area contributed by atoms with Gasteiger partial charge in [0.05, 0.1) is 11.9 Å². The minimum absolute atomic E-state index is 0.151. The predicted molar refractivity (Wildman–Crippen MR) is 92.7 cm³/mol. The fourth-order valence-electron chi connectivity index (χ4n) is 3.48. The van der Waals surface area contributed by atoms with E-state index in [0.29, 0.717) is 0 Å². The van der Waals surface area contributed by atoms with E-state index in [4.69, 9.17) is 10.5 Å². The number of hydrogen-bond acceptors (Lipinski definition) is 5. The molecule has 7 heteroatoms. The molecule has 0 radical (unpaired) electrons. The highest BCUT2D eigenvalue weighted by molar-refractivity contribution is 5.90. The van der Waals surface area contributed by atoms with Crippen molar-refractivity contribution in [1.82, 2.24) is 19.9 Å². The van der Waals surface area contributed by atoms with E-state index in [-0.39, 0.29) is 11.8 Å². The van der Waals surface area contributed by atoms with Gasteiger partial charge in [0, 0.05) is 19.1 Å². The van der Waals surface area contributed by atoms with Gasteiger partial charge in [0.1, 0.15) is 11.9 Å². The molecule has 2 aromatic rings. The van der Waals surface area contributed by atoms with E-state index < -0.39 is 5.91 Å². The normalized spacial score (nSPS) is 19.5. The number of piperidine rings is 1. The maximum absolute atomic E-state index is 11.1. The van der Waals surface area contributed by atoms with Gasteiger partial charge in [-0.1, -0.05) is 11.6 Å². The first-order valence-electron chi connectivity index (χ1n) is 8.92. The Hall–Kier alpha value is -2.41. The Bertz CT molecular complexity index is 730. The average Bonchev–Trinajstić information content (AvgIpc) is 3.06. The first-order chi connectivity index (χ1) is 12.2. The number of aromatic nitrogens is 3. The van der Waals surface area contributed by atoms with Crippen LogP contribution < -0.4 is 10.5 Å². The van der Waals surface area contributed by atoms with Crippen LogP contribution in [0, 0.1) is 0 Å². The van der Waals surface area contributed by atoms with Crippen LogP contribution in [0.5, 0.6) is 5.75 Å². The molecule has 1 aromatic heterocycles. The number of ether oxygens (including phenoxy) is 1. The highest BCUT2D eigenvalue weighted by atomic mass is 16.5. The van der Waals surface area contributed by atoms with Gasteiger partial charge in [0.2, 0.25) is 0 Å². The van der Waals surface area contributed by atoms with Crippen molar-refractivity contribution >= 4 is 5.91 Å². The van der Waals surface area contributed by atoms with Crippen LogP contribution in [-0.4, -0.2) is 51.0 Å². The highest BCUT2D eigenvalue weighted by Gasteiger charge is 2.29. The van der Waals surface area contributed by atoms with Crippen LogP contribution >= 0.6 is 0 Å². The third kappa shape index (κ3) is 3.51. The molecule has 2 heterocycles. The zero-order valence-electron chi connectivity index (χ0n) is 14.2. The number of carbonyl (C=O) groups excluding carboxylic acids is 1. The van der Waals surface area contributed by atoms with Crippen LogP contribution in [0.2, 0.25) is 0 Å². The molecule has 1 saturated carbocycles. The zero-order valence-corrected chi connectivity index (χ0v) is 14.2. The molecule has 1 amide bonds. The van der Waals surface area contributed by atoms with Crippen molar-refractivity contribution in [2.75, 3.05) is 13.1 Å². The maximum atomic E-state index is 11.1. The van der Waals surface area contributed by atoms with Gasteiger partial charge in [0.25, 0.3) is 5.91 Å². The summed E-state index contributed by atoms with van der Waals surface area (Å²) in [5.41, 5.74) is 6.16. The highest BCUT2D eigenvalue weighted by Crippen LogP contribution is 2.28. The van der Waals surface area contributed by atoms with Gasteiger partial charge in [-0.2, -0.15) is 0 Å². The summed E-state index contributed by atoms with van der Waals surface area (Å²) >= 11 is 0. The predicted octanol–water partition coefficient (Wildman–Crippen LogP) is 1.76. The monoisotopic (exact) mass is 341 g/mol. The molecule has 0 atom stereocenters. The Morgan fingerprint density at radius 2 is 1.84 bits per heavy atom. The van der Waals surface area contributed by atoms with Crippen molar-refractivity contribution in [3.05, 3.63) is 36.2 Å². The molecule has 1 aliphatic heterocycles. The molecule has 4 rings (SSSR count). The Labute approximate surface area is 146 Å². The summed E-state index contributed by atoms with van der Waals surface area (Å²) in [6.07, 6.45) is 8.11. The summed E-state index contributed by atoms with van der Waals surface area (Å²) in [7, 11) is 0. The van der Waals surface area contributed by atoms with Crippen LogP contribution in [0.15, 0.2) is 30.5 Å². The Morgan fingerprint density at radius 3 is 2.40 bits per heavy atom. The summed E-state index contributed by atoms with van der Waals surface area (Å²) in [6.45, 7) is 2.28. The summed E-state index contributed by atoms with van der Waals surface area (Å²) in [5, 5.41) is 7.65. The number of nitrogens with zero attached hydrogens (tertiary/aromatic N) is 4. The molecular weight excluding hydrogens is 318 g/mol.